The van der Waals surface area contributed by atoms with E-state index in [1.165, 1.54) is 19.1 Å². The van der Waals surface area contributed by atoms with Crippen molar-refractivity contribution in [3.8, 4) is 28.7 Å². The largest absolute Gasteiger partial charge is 0.497 e. The molecule has 1 unspecified atom stereocenters. The minimum atomic E-state index is -0.933. The van der Waals surface area contributed by atoms with Crippen LogP contribution in [0.3, 0.4) is 0 Å². The van der Waals surface area contributed by atoms with Gasteiger partial charge >= 0.3 is 11.9 Å². The number of methoxy groups -OCH3 is 4. The van der Waals surface area contributed by atoms with E-state index in [1.54, 1.807) is 62.8 Å². The van der Waals surface area contributed by atoms with Crippen LogP contribution in [0.4, 0.5) is 5.69 Å². The molecule has 1 aliphatic rings. The second-order valence-electron chi connectivity index (χ2n) is 8.45. The second kappa shape index (κ2) is 11.4. The van der Waals surface area contributed by atoms with Crippen molar-refractivity contribution in [2.75, 3.05) is 33.3 Å². The summed E-state index contributed by atoms with van der Waals surface area (Å²) < 4.78 is 21.0. The first-order chi connectivity index (χ1) is 18.9. The molecule has 39 heavy (non-hydrogen) atoms. The van der Waals surface area contributed by atoms with Gasteiger partial charge in [0.05, 0.1) is 51.6 Å². The quantitative estimate of drug-likeness (QED) is 0.450. The molecule has 1 aliphatic heterocycles. The molecule has 0 aliphatic carbocycles. The number of hydrogen-bond acceptors (Lipinski definition) is 9. The zero-order valence-corrected chi connectivity index (χ0v) is 21.9. The molecule has 1 atom stereocenters. The summed E-state index contributed by atoms with van der Waals surface area (Å²) in [5, 5.41) is 10.2. The van der Waals surface area contributed by atoms with Crippen LogP contribution in [0.1, 0.15) is 11.5 Å². The van der Waals surface area contributed by atoms with Crippen LogP contribution >= 0.6 is 0 Å². The van der Waals surface area contributed by atoms with E-state index in [0.29, 0.717) is 22.7 Å². The molecule has 4 rings (SSSR count). The Morgan fingerprint density at radius 1 is 0.872 bits per heavy atom. The summed E-state index contributed by atoms with van der Waals surface area (Å²) in [4.78, 5) is 27.7. The molecular weight excluding hydrogens is 498 g/mol. The second-order valence-corrected chi connectivity index (χ2v) is 8.45. The van der Waals surface area contributed by atoms with Crippen LogP contribution in [0.5, 0.6) is 11.5 Å². The Hall–Kier alpha value is -5.23. The summed E-state index contributed by atoms with van der Waals surface area (Å²) in [5.41, 5.74) is 9.13. The smallest absolute Gasteiger partial charge is 0.355 e. The van der Waals surface area contributed by atoms with Gasteiger partial charge in [-0.1, -0.05) is 42.5 Å². The van der Waals surface area contributed by atoms with E-state index in [2.05, 4.69) is 6.07 Å². The summed E-state index contributed by atoms with van der Waals surface area (Å²) in [6, 6.07) is 23.5. The highest BCUT2D eigenvalue weighted by Gasteiger charge is 2.42. The lowest BCUT2D eigenvalue weighted by atomic mass is 9.81. The van der Waals surface area contributed by atoms with Crippen LogP contribution in [-0.2, 0) is 19.1 Å². The maximum absolute atomic E-state index is 13.2. The van der Waals surface area contributed by atoms with Crippen LogP contribution in [0, 0.1) is 11.3 Å². The van der Waals surface area contributed by atoms with Crippen molar-refractivity contribution in [2.45, 2.75) is 5.92 Å². The van der Waals surface area contributed by atoms with E-state index in [0.717, 1.165) is 11.1 Å². The Kier molecular flexibility index (Phi) is 7.87. The fourth-order valence-corrected chi connectivity index (χ4v) is 4.61. The van der Waals surface area contributed by atoms with Crippen molar-refractivity contribution in [2.24, 2.45) is 5.73 Å². The van der Waals surface area contributed by atoms with Crippen molar-refractivity contribution < 1.29 is 28.5 Å². The van der Waals surface area contributed by atoms with Crippen LogP contribution in [-0.4, -0.2) is 40.4 Å². The van der Waals surface area contributed by atoms with Gasteiger partial charge in [0.1, 0.15) is 23.0 Å². The van der Waals surface area contributed by atoms with Gasteiger partial charge in [-0.15, -0.1) is 0 Å². The molecule has 3 aromatic rings. The number of carbonyl (C=O) groups excluding carboxylic acids is 2. The summed E-state index contributed by atoms with van der Waals surface area (Å²) in [6.07, 6.45) is 0. The number of allylic oxidation sites excluding steroid dienone is 1. The van der Waals surface area contributed by atoms with Gasteiger partial charge in [-0.25, -0.2) is 9.59 Å². The van der Waals surface area contributed by atoms with Crippen LogP contribution < -0.4 is 20.1 Å². The first kappa shape index (κ1) is 26.8. The Labute approximate surface area is 226 Å². The fraction of sp³-hybridized carbons (Fsp3) is 0.167. The van der Waals surface area contributed by atoms with E-state index in [9.17, 15) is 14.9 Å². The maximum Gasteiger partial charge on any atom is 0.355 e. The molecule has 0 radical (unpaired) electrons. The van der Waals surface area contributed by atoms with Gasteiger partial charge in [0.15, 0.2) is 0 Å². The third-order valence-corrected chi connectivity index (χ3v) is 6.46. The molecule has 3 aromatic carbocycles. The molecular formula is C30H27N3O6. The molecule has 0 saturated heterocycles. The van der Waals surface area contributed by atoms with Crippen molar-refractivity contribution in [1.82, 2.24) is 0 Å². The molecule has 0 bridgehead atoms. The Bertz CT molecular complexity index is 1500. The van der Waals surface area contributed by atoms with Crippen molar-refractivity contribution >= 4 is 17.6 Å². The lowest BCUT2D eigenvalue weighted by molar-refractivity contribution is -0.139. The van der Waals surface area contributed by atoms with Gasteiger partial charge in [0.25, 0.3) is 0 Å². The Morgan fingerprint density at radius 3 is 2.10 bits per heavy atom. The first-order valence-electron chi connectivity index (χ1n) is 11.9. The molecule has 1 heterocycles. The summed E-state index contributed by atoms with van der Waals surface area (Å²) in [5.74, 6) is -1.27. The predicted octanol–water partition coefficient (Wildman–Crippen LogP) is 4.27. The van der Waals surface area contributed by atoms with E-state index in [1.807, 2.05) is 24.3 Å². The third-order valence-electron chi connectivity index (χ3n) is 6.46. The average Bonchev–Trinajstić information content (AvgIpc) is 2.99. The van der Waals surface area contributed by atoms with E-state index < -0.39 is 17.9 Å². The highest BCUT2D eigenvalue weighted by Crippen LogP contribution is 2.43. The zero-order valence-electron chi connectivity index (χ0n) is 21.9. The summed E-state index contributed by atoms with van der Waals surface area (Å²) >= 11 is 0. The van der Waals surface area contributed by atoms with E-state index in [-0.39, 0.29) is 22.7 Å². The molecule has 0 saturated carbocycles. The number of esters is 2. The molecule has 0 spiro atoms. The number of ether oxygens (including phenoxy) is 4. The minimum absolute atomic E-state index is 0.00539. The summed E-state index contributed by atoms with van der Waals surface area (Å²) in [7, 11) is 5.56. The first-order valence-corrected chi connectivity index (χ1v) is 11.9. The van der Waals surface area contributed by atoms with Gasteiger partial charge in [-0.05, 0) is 35.4 Å². The maximum atomic E-state index is 13.2. The number of nitrogens with two attached hydrogens (primary N) is 1. The summed E-state index contributed by atoms with van der Waals surface area (Å²) in [6.45, 7) is 0. The monoisotopic (exact) mass is 525 g/mol. The molecule has 9 heteroatoms. The standard InChI is InChI=1S/C30H27N3O6/c1-36-21-14-15-22(24(16-21)37-2)18-10-12-20(13-11-18)33-27(30(35)39-4)26(29(34)38-3)25(23(17-31)28(33)32)19-8-6-5-7-9-19/h5-16,25H,32H2,1-4H3. The Morgan fingerprint density at radius 2 is 1.54 bits per heavy atom. The lowest BCUT2D eigenvalue weighted by Crippen LogP contribution is -2.40. The highest BCUT2D eigenvalue weighted by molar-refractivity contribution is 6.06. The predicted molar refractivity (Wildman–Crippen MR) is 145 cm³/mol. The highest BCUT2D eigenvalue weighted by atomic mass is 16.5. The number of nitrogens with zero attached hydrogens (tertiary/aromatic N) is 2. The lowest BCUT2D eigenvalue weighted by Gasteiger charge is -2.36. The number of nitriles is 1. The average molecular weight is 526 g/mol. The number of anilines is 1. The van der Waals surface area contributed by atoms with Crippen LogP contribution in [0.15, 0.2) is 95.5 Å². The molecule has 198 valence electrons. The van der Waals surface area contributed by atoms with Crippen LogP contribution in [0.25, 0.3) is 11.1 Å². The molecule has 2 N–H and O–H groups in total. The number of carbonyl (C=O) groups is 2. The van der Waals surface area contributed by atoms with Gasteiger partial charge in [-0.3, -0.25) is 4.90 Å². The topological polar surface area (TPSA) is 124 Å². The Balaban J connectivity index is 1.92. The number of rotatable bonds is 7. The number of hydrogen-bond donors (Lipinski definition) is 1. The van der Waals surface area contributed by atoms with Crippen molar-refractivity contribution in [1.29, 1.82) is 5.26 Å². The number of benzene rings is 3. The minimum Gasteiger partial charge on any atom is -0.497 e. The fourth-order valence-electron chi connectivity index (χ4n) is 4.61. The van der Waals surface area contributed by atoms with E-state index in [4.69, 9.17) is 24.7 Å². The molecule has 0 amide bonds. The van der Waals surface area contributed by atoms with Crippen LogP contribution in [0.2, 0.25) is 0 Å². The zero-order chi connectivity index (χ0) is 28.1. The van der Waals surface area contributed by atoms with Gasteiger partial charge in [0, 0.05) is 17.3 Å². The molecule has 0 aromatic heterocycles. The molecule has 0 fully saturated rings. The van der Waals surface area contributed by atoms with Gasteiger partial charge < -0.3 is 24.7 Å². The van der Waals surface area contributed by atoms with Gasteiger partial charge in [0.2, 0.25) is 0 Å². The normalized spacial score (nSPS) is 14.9. The third kappa shape index (κ3) is 4.88. The SMILES string of the molecule is COC(=O)C1=C(C(=O)OC)N(c2ccc(-c3ccc(OC)cc3OC)cc2)C(N)=C(C#N)C1c1ccccc1. The van der Waals surface area contributed by atoms with Crippen molar-refractivity contribution in [3.63, 3.8) is 0 Å². The van der Waals surface area contributed by atoms with E-state index >= 15 is 0 Å². The molecule has 9 nitrogen and oxygen atoms in total. The van der Waals surface area contributed by atoms with Crippen molar-refractivity contribution in [3.05, 3.63) is 101 Å². The van der Waals surface area contributed by atoms with Gasteiger partial charge in [-0.2, -0.15) is 5.26 Å².